The van der Waals surface area contributed by atoms with Crippen molar-refractivity contribution in [3.63, 3.8) is 0 Å². The fourth-order valence-electron chi connectivity index (χ4n) is 1.18. The lowest BCUT2D eigenvalue weighted by Crippen LogP contribution is -2.28. The third kappa shape index (κ3) is 3.48. The van der Waals surface area contributed by atoms with Crippen LogP contribution in [0.15, 0.2) is 18.2 Å². The van der Waals surface area contributed by atoms with Crippen molar-refractivity contribution in [2.75, 3.05) is 6.54 Å². The number of rotatable bonds is 5. The van der Waals surface area contributed by atoms with Gasteiger partial charge in [0.2, 0.25) is 5.91 Å². The van der Waals surface area contributed by atoms with Crippen molar-refractivity contribution in [1.29, 1.82) is 0 Å². The first-order chi connectivity index (χ1) is 7.50. The molecule has 0 radical (unpaired) electrons. The Balaban J connectivity index is 2.78. The molecular formula is C9H10ClN3O3. The van der Waals surface area contributed by atoms with E-state index in [9.17, 15) is 14.9 Å². The van der Waals surface area contributed by atoms with E-state index in [0.29, 0.717) is 10.6 Å². The topological polar surface area (TPSA) is 98.3 Å². The van der Waals surface area contributed by atoms with Gasteiger partial charge >= 0.3 is 0 Å². The highest BCUT2D eigenvalue weighted by Crippen LogP contribution is 2.22. The first kappa shape index (κ1) is 12.4. The largest absolute Gasteiger partial charge is 0.369 e. The molecule has 0 aliphatic carbocycles. The van der Waals surface area contributed by atoms with Crippen LogP contribution >= 0.6 is 11.6 Å². The summed E-state index contributed by atoms with van der Waals surface area (Å²) < 4.78 is 0. The molecule has 1 rings (SSSR count). The van der Waals surface area contributed by atoms with Crippen molar-refractivity contribution in [2.24, 2.45) is 5.73 Å². The van der Waals surface area contributed by atoms with Crippen LogP contribution in [-0.2, 0) is 11.3 Å². The van der Waals surface area contributed by atoms with Gasteiger partial charge in [-0.05, 0) is 12.1 Å². The molecule has 0 saturated carbocycles. The van der Waals surface area contributed by atoms with E-state index in [4.69, 9.17) is 17.3 Å². The van der Waals surface area contributed by atoms with Crippen LogP contribution in [0.3, 0.4) is 0 Å². The standard InChI is InChI=1S/C9H10ClN3O3/c10-7-2-1-6(4-12-5-9(11)14)8(3-7)13(15)16/h1-3,12H,4-5H2,(H2,11,14). The Labute approximate surface area is 96.5 Å². The van der Waals surface area contributed by atoms with E-state index in [1.165, 1.54) is 12.1 Å². The fourth-order valence-corrected chi connectivity index (χ4v) is 1.34. The number of benzene rings is 1. The van der Waals surface area contributed by atoms with Crippen LogP contribution in [0.25, 0.3) is 0 Å². The molecule has 16 heavy (non-hydrogen) atoms. The quantitative estimate of drug-likeness (QED) is 0.591. The molecular weight excluding hydrogens is 234 g/mol. The Kier molecular flexibility index (Phi) is 4.21. The predicted molar refractivity (Wildman–Crippen MR) is 59.0 cm³/mol. The molecule has 0 aliphatic heterocycles. The van der Waals surface area contributed by atoms with Gasteiger partial charge in [-0.25, -0.2) is 0 Å². The average Bonchev–Trinajstić information content (AvgIpc) is 2.19. The summed E-state index contributed by atoms with van der Waals surface area (Å²) in [5.41, 5.74) is 5.30. The monoisotopic (exact) mass is 243 g/mol. The fraction of sp³-hybridized carbons (Fsp3) is 0.222. The van der Waals surface area contributed by atoms with Crippen LogP contribution < -0.4 is 11.1 Å². The number of nitrogens with one attached hydrogen (secondary N) is 1. The second-order valence-corrected chi connectivity index (χ2v) is 3.54. The molecule has 1 amide bonds. The maximum atomic E-state index is 10.7. The highest BCUT2D eigenvalue weighted by molar-refractivity contribution is 6.30. The first-order valence-electron chi connectivity index (χ1n) is 4.42. The van der Waals surface area contributed by atoms with Gasteiger partial charge in [0.15, 0.2) is 0 Å². The minimum absolute atomic E-state index is 0.0280. The van der Waals surface area contributed by atoms with Gasteiger partial charge in [-0.3, -0.25) is 14.9 Å². The number of amides is 1. The number of hydrogen-bond acceptors (Lipinski definition) is 4. The molecule has 0 atom stereocenters. The maximum absolute atomic E-state index is 10.7. The Bertz CT molecular complexity index is 422. The molecule has 0 fully saturated rings. The van der Waals surface area contributed by atoms with Gasteiger partial charge in [0, 0.05) is 23.2 Å². The predicted octanol–water partition coefficient (Wildman–Crippen LogP) is 0.823. The second kappa shape index (κ2) is 5.43. The molecule has 0 aromatic heterocycles. The zero-order chi connectivity index (χ0) is 12.1. The lowest BCUT2D eigenvalue weighted by atomic mass is 10.2. The highest BCUT2D eigenvalue weighted by Gasteiger charge is 2.13. The summed E-state index contributed by atoms with van der Waals surface area (Å²) >= 11 is 5.65. The van der Waals surface area contributed by atoms with Crippen molar-refractivity contribution in [2.45, 2.75) is 6.54 Å². The summed E-state index contributed by atoms with van der Waals surface area (Å²) in [6.45, 7) is 0.163. The molecule has 0 spiro atoms. The van der Waals surface area contributed by atoms with Crippen molar-refractivity contribution in [1.82, 2.24) is 5.32 Å². The van der Waals surface area contributed by atoms with Crippen molar-refractivity contribution in [3.8, 4) is 0 Å². The van der Waals surface area contributed by atoms with Crippen LogP contribution in [0.2, 0.25) is 5.02 Å². The van der Waals surface area contributed by atoms with E-state index in [0.717, 1.165) is 0 Å². The maximum Gasteiger partial charge on any atom is 0.275 e. The third-order valence-electron chi connectivity index (χ3n) is 1.86. The van der Waals surface area contributed by atoms with Gasteiger partial charge in [0.05, 0.1) is 11.5 Å². The molecule has 0 heterocycles. The lowest BCUT2D eigenvalue weighted by Gasteiger charge is -2.04. The van der Waals surface area contributed by atoms with E-state index in [1.807, 2.05) is 0 Å². The summed E-state index contributed by atoms with van der Waals surface area (Å²) in [6.07, 6.45) is 0. The molecule has 0 bridgehead atoms. The van der Waals surface area contributed by atoms with E-state index in [-0.39, 0.29) is 18.8 Å². The van der Waals surface area contributed by atoms with Gasteiger partial charge in [0.25, 0.3) is 5.69 Å². The van der Waals surface area contributed by atoms with E-state index < -0.39 is 10.8 Å². The molecule has 0 aliphatic rings. The van der Waals surface area contributed by atoms with Gasteiger partial charge in [0.1, 0.15) is 0 Å². The minimum atomic E-state index is -0.521. The zero-order valence-electron chi connectivity index (χ0n) is 8.27. The molecule has 1 aromatic carbocycles. The molecule has 1 aromatic rings. The molecule has 7 heteroatoms. The average molecular weight is 244 g/mol. The van der Waals surface area contributed by atoms with Crippen molar-refractivity contribution in [3.05, 3.63) is 38.9 Å². The van der Waals surface area contributed by atoms with Crippen LogP contribution in [0.1, 0.15) is 5.56 Å². The summed E-state index contributed by atoms with van der Waals surface area (Å²) in [5, 5.41) is 13.7. The summed E-state index contributed by atoms with van der Waals surface area (Å²) in [5.74, 6) is -0.517. The molecule has 0 unspecified atom stereocenters. The smallest absolute Gasteiger partial charge is 0.275 e. The van der Waals surface area contributed by atoms with Crippen LogP contribution in [0.4, 0.5) is 5.69 Å². The number of nitrogens with two attached hydrogens (primary N) is 1. The Morgan fingerprint density at radius 1 is 1.56 bits per heavy atom. The van der Waals surface area contributed by atoms with Crippen LogP contribution in [0, 0.1) is 10.1 Å². The van der Waals surface area contributed by atoms with Crippen molar-refractivity contribution >= 4 is 23.2 Å². The third-order valence-corrected chi connectivity index (χ3v) is 2.09. The summed E-state index contributed by atoms with van der Waals surface area (Å²) in [4.78, 5) is 20.6. The first-order valence-corrected chi connectivity index (χ1v) is 4.80. The molecule has 3 N–H and O–H groups in total. The number of hydrogen-bond donors (Lipinski definition) is 2. The number of nitro benzene ring substituents is 1. The minimum Gasteiger partial charge on any atom is -0.369 e. The number of nitro groups is 1. The Morgan fingerprint density at radius 3 is 2.81 bits per heavy atom. The van der Waals surface area contributed by atoms with E-state index in [1.54, 1.807) is 6.07 Å². The normalized spacial score (nSPS) is 10.1. The van der Waals surface area contributed by atoms with E-state index >= 15 is 0 Å². The number of nitrogens with zero attached hydrogens (tertiary/aromatic N) is 1. The zero-order valence-corrected chi connectivity index (χ0v) is 9.03. The molecule has 6 nitrogen and oxygen atoms in total. The van der Waals surface area contributed by atoms with Crippen LogP contribution in [0.5, 0.6) is 0 Å². The molecule has 0 saturated heterocycles. The number of halogens is 1. The number of carbonyl (C=O) groups is 1. The van der Waals surface area contributed by atoms with Gasteiger partial charge in [-0.2, -0.15) is 0 Å². The van der Waals surface area contributed by atoms with Crippen molar-refractivity contribution < 1.29 is 9.72 Å². The van der Waals surface area contributed by atoms with Gasteiger partial charge < -0.3 is 11.1 Å². The highest BCUT2D eigenvalue weighted by atomic mass is 35.5. The van der Waals surface area contributed by atoms with E-state index in [2.05, 4.69) is 5.32 Å². The Morgan fingerprint density at radius 2 is 2.25 bits per heavy atom. The summed E-state index contributed by atoms with van der Waals surface area (Å²) in [7, 11) is 0. The van der Waals surface area contributed by atoms with Crippen LogP contribution in [-0.4, -0.2) is 17.4 Å². The summed E-state index contributed by atoms with van der Waals surface area (Å²) in [6, 6.07) is 4.35. The van der Waals surface area contributed by atoms with Gasteiger partial charge in [-0.1, -0.05) is 11.6 Å². The Hall–Kier alpha value is -1.66. The number of primary amides is 1. The molecule has 86 valence electrons. The lowest BCUT2D eigenvalue weighted by molar-refractivity contribution is -0.385. The SMILES string of the molecule is NC(=O)CNCc1ccc(Cl)cc1[N+](=O)[O-]. The van der Waals surface area contributed by atoms with Gasteiger partial charge in [-0.15, -0.1) is 0 Å². The number of carbonyl (C=O) groups excluding carboxylic acids is 1. The second-order valence-electron chi connectivity index (χ2n) is 3.10.